The van der Waals surface area contributed by atoms with E-state index in [1.54, 1.807) is 31.4 Å². The molecule has 1 heterocycles. The van der Waals surface area contributed by atoms with Gasteiger partial charge in [-0.05, 0) is 61.4 Å². The Balaban J connectivity index is 1.58. The third-order valence-electron chi connectivity index (χ3n) is 5.43. The van der Waals surface area contributed by atoms with Gasteiger partial charge in [0.25, 0.3) is 5.91 Å². The fourth-order valence-electron chi connectivity index (χ4n) is 3.61. The van der Waals surface area contributed by atoms with E-state index in [9.17, 15) is 27.9 Å². The van der Waals surface area contributed by atoms with Crippen LogP contribution in [0.15, 0.2) is 48.5 Å². The van der Waals surface area contributed by atoms with Gasteiger partial charge in [-0.15, -0.1) is 13.2 Å². The predicted molar refractivity (Wildman–Crippen MR) is 124 cm³/mol. The Hall–Kier alpha value is -3.51. The second-order valence-corrected chi connectivity index (χ2v) is 8.10. The number of ether oxygens (including phenoxy) is 3. The molecule has 3 rings (SSSR count). The maximum absolute atomic E-state index is 12.8. The molecule has 1 aliphatic rings. The highest BCUT2D eigenvalue weighted by molar-refractivity contribution is 5.94. The van der Waals surface area contributed by atoms with Gasteiger partial charge in [0.15, 0.2) is 0 Å². The van der Waals surface area contributed by atoms with Crippen LogP contribution in [0.4, 0.5) is 23.7 Å². The zero-order valence-electron chi connectivity index (χ0n) is 19.6. The molecule has 1 fully saturated rings. The van der Waals surface area contributed by atoms with Crippen molar-refractivity contribution in [2.75, 3.05) is 38.7 Å². The Morgan fingerprint density at radius 3 is 2.36 bits per heavy atom. The largest absolute Gasteiger partial charge is 0.573 e. The molecule has 3 N–H and O–H groups in total. The van der Waals surface area contributed by atoms with E-state index in [4.69, 9.17) is 9.47 Å². The fourth-order valence-corrected chi connectivity index (χ4v) is 3.61. The summed E-state index contributed by atoms with van der Waals surface area (Å²) < 4.78 is 51.2. The van der Waals surface area contributed by atoms with Crippen LogP contribution in [-0.4, -0.2) is 73.9 Å². The second kappa shape index (κ2) is 12.5. The SMILES string of the molecule is COCCOc1ccc(C(=O)NC2CN(C(=O)Nc3ccc(OC(F)(F)F)cc3)CCCC2O)cc1. The minimum atomic E-state index is -4.81. The molecule has 0 aromatic heterocycles. The molecule has 2 aromatic rings. The second-order valence-electron chi connectivity index (χ2n) is 8.10. The Kier molecular flexibility index (Phi) is 9.37. The van der Waals surface area contributed by atoms with Crippen molar-refractivity contribution < 1.29 is 42.1 Å². The van der Waals surface area contributed by atoms with Gasteiger partial charge in [0, 0.05) is 31.5 Å². The third kappa shape index (κ3) is 8.31. The van der Waals surface area contributed by atoms with Gasteiger partial charge < -0.3 is 34.9 Å². The zero-order chi connectivity index (χ0) is 26.1. The molecular formula is C24H28F3N3O6. The number of hydrogen-bond acceptors (Lipinski definition) is 6. The van der Waals surface area contributed by atoms with Crippen molar-refractivity contribution in [2.45, 2.75) is 31.3 Å². The van der Waals surface area contributed by atoms with E-state index in [2.05, 4.69) is 15.4 Å². The molecular weight excluding hydrogens is 483 g/mol. The van der Waals surface area contributed by atoms with Gasteiger partial charge >= 0.3 is 12.4 Å². The minimum Gasteiger partial charge on any atom is -0.491 e. The number of anilines is 1. The van der Waals surface area contributed by atoms with Crippen LogP contribution < -0.4 is 20.1 Å². The summed E-state index contributed by atoms with van der Waals surface area (Å²) >= 11 is 0. The summed E-state index contributed by atoms with van der Waals surface area (Å²) in [6.07, 6.45) is -4.78. The van der Waals surface area contributed by atoms with Gasteiger partial charge in [-0.2, -0.15) is 0 Å². The molecule has 1 saturated heterocycles. The lowest BCUT2D eigenvalue weighted by atomic mass is 10.1. The molecule has 2 atom stereocenters. The summed E-state index contributed by atoms with van der Waals surface area (Å²) in [5.74, 6) is -0.236. The summed E-state index contributed by atoms with van der Waals surface area (Å²) in [6.45, 7) is 1.19. The van der Waals surface area contributed by atoms with Crippen molar-refractivity contribution in [3.63, 3.8) is 0 Å². The molecule has 2 unspecified atom stereocenters. The highest BCUT2D eigenvalue weighted by atomic mass is 19.4. The first-order chi connectivity index (χ1) is 17.1. The number of alkyl halides is 3. The molecule has 1 aliphatic heterocycles. The first kappa shape index (κ1) is 27.1. The van der Waals surface area contributed by atoms with Crippen molar-refractivity contribution in [2.24, 2.45) is 0 Å². The number of amides is 3. The summed E-state index contributed by atoms with van der Waals surface area (Å²) in [5, 5.41) is 15.9. The Labute approximate surface area is 206 Å². The van der Waals surface area contributed by atoms with Crippen molar-refractivity contribution in [1.82, 2.24) is 10.2 Å². The van der Waals surface area contributed by atoms with Crippen LogP contribution in [0, 0.1) is 0 Å². The lowest BCUT2D eigenvalue weighted by Crippen LogP contribution is -2.50. The molecule has 36 heavy (non-hydrogen) atoms. The van der Waals surface area contributed by atoms with Gasteiger partial charge in [0.05, 0.1) is 18.8 Å². The van der Waals surface area contributed by atoms with Crippen LogP contribution in [0.5, 0.6) is 11.5 Å². The number of nitrogens with one attached hydrogen (secondary N) is 2. The number of rotatable bonds is 8. The van der Waals surface area contributed by atoms with E-state index in [1.807, 2.05) is 0 Å². The maximum Gasteiger partial charge on any atom is 0.573 e. The number of methoxy groups -OCH3 is 1. The lowest BCUT2D eigenvalue weighted by molar-refractivity contribution is -0.274. The van der Waals surface area contributed by atoms with E-state index in [1.165, 1.54) is 17.0 Å². The molecule has 0 bridgehead atoms. The first-order valence-corrected chi connectivity index (χ1v) is 11.3. The number of nitrogens with zero attached hydrogens (tertiary/aromatic N) is 1. The molecule has 0 saturated carbocycles. The molecule has 3 amide bonds. The Morgan fingerprint density at radius 1 is 1.06 bits per heavy atom. The molecule has 12 heteroatoms. The number of urea groups is 1. The monoisotopic (exact) mass is 511 g/mol. The molecule has 0 radical (unpaired) electrons. The molecule has 2 aromatic carbocycles. The number of carbonyl (C=O) groups is 2. The topological polar surface area (TPSA) is 109 Å². The van der Waals surface area contributed by atoms with Gasteiger partial charge in [-0.3, -0.25) is 4.79 Å². The average molecular weight is 511 g/mol. The van der Waals surface area contributed by atoms with E-state index in [0.29, 0.717) is 43.9 Å². The summed E-state index contributed by atoms with van der Waals surface area (Å²) in [6, 6.07) is 10.0. The predicted octanol–water partition coefficient (Wildman–Crippen LogP) is 3.40. The van der Waals surface area contributed by atoms with Gasteiger partial charge in [-0.25, -0.2) is 4.79 Å². The quantitative estimate of drug-likeness (QED) is 0.469. The fraction of sp³-hybridized carbons (Fsp3) is 0.417. The van der Waals surface area contributed by atoms with E-state index in [-0.39, 0.29) is 12.2 Å². The highest BCUT2D eigenvalue weighted by Crippen LogP contribution is 2.24. The number of benzene rings is 2. The number of hydrogen-bond donors (Lipinski definition) is 3. The highest BCUT2D eigenvalue weighted by Gasteiger charge is 2.31. The van der Waals surface area contributed by atoms with E-state index in [0.717, 1.165) is 12.1 Å². The van der Waals surface area contributed by atoms with Crippen LogP contribution in [0.1, 0.15) is 23.2 Å². The molecule has 9 nitrogen and oxygen atoms in total. The van der Waals surface area contributed by atoms with Crippen molar-refractivity contribution >= 4 is 17.6 Å². The van der Waals surface area contributed by atoms with Crippen LogP contribution in [-0.2, 0) is 4.74 Å². The number of likely N-dealkylation sites (tertiary alicyclic amines) is 1. The van der Waals surface area contributed by atoms with Crippen molar-refractivity contribution in [1.29, 1.82) is 0 Å². The van der Waals surface area contributed by atoms with Crippen LogP contribution in [0.3, 0.4) is 0 Å². The number of aliphatic hydroxyl groups excluding tert-OH is 1. The summed E-state index contributed by atoms with van der Waals surface area (Å²) in [5.41, 5.74) is 0.635. The van der Waals surface area contributed by atoms with E-state index >= 15 is 0 Å². The van der Waals surface area contributed by atoms with Crippen molar-refractivity contribution in [3.05, 3.63) is 54.1 Å². The van der Waals surface area contributed by atoms with Crippen LogP contribution >= 0.6 is 0 Å². The first-order valence-electron chi connectivity index (χ1n) is 11.3. The van der Waals surface area contributed by atoms with Gasteiger partial charge in [0.2, 0.25) is 0 Å². The third-order valence-corrected chi connectivity index (χ3v) is 5.43. The Bertz CT molecular complexity index is 1000. The summed E-state index contributed by atoms with van der Waals surface area (Å²) in [4.78, 5) is 27.0. The molecule has 196 valence electrons. The van der Waals surface area contributed by atoms with Crippen LogP contribution in [0.25, 0.3) is 0 Å². The molecule has 0 aliphatic carbocycles. The lowest BCUT2D eigenvalue weighted by Gasteiger charge is -2.27. The average Bonchev–Trinajstić information content (AvgIpc) is 3.01. The minimum absolute atomic E-state index is 0.0478. The smallest absolute Gasteiger partial charge is 0.491 e. The zero-order valence-corrected chi connectivity index (χ0v) is 19.6. The molecule has 0 spiro atoms. The van der Waals surface area contributed by atoms with Gasteiger partial charge in [-0.1, -0.05) is 0 Å². The van der Waals surface area contributed by atoms with Crippen LogP contribution in [0.2, 0.25) is 0 Å². The van der Waals surface area contributed by atoms with Gasteiger partial charge in [0.1, 0.15) is 18.1 Å². The normalized spacial score (nSPS) is 18.2. The van der Waals surface area contributed by atoms with E-state index < -0.39 is 36.2 Å². The summed E-state index contributed by atoms with van der Waals surface area (Å²) in [7, 11) is 1.57. The Morgan fingerprint density at radius 2 is 1.72 bits per heavy atom. The standard InChI is InChI=1S/C24H28F3N3O6/c1-34-13-14-35-18-8-4-16(5-9-18)22(32)29-20-15-30(12-2-3-21(20)31)23(33)28-17-6-10-19(11-7-17)36-24(25,26)27/h4-11,20-21,31H,2-3,12-15H2,1H3,(H,28,33)(H,29,32). The number of halogens is 3. The van der Waals surface area contributed by atoms with Crippen molar-refractivity contribution in [3.8, 4) is 11.5 Å². The maximum atomic E-state index is 12.8. The number of aliphatic hydroxyl groups is 1. The number of carbonyl (C=O) groups excluding carboxylic acids is 2.